The number of carbonyl (C=O) groups is 1. The van der Waals surface area contributed by atoms with E-state index in [1.54, 1.807) is 6.20 Å². The SMILES string of the molecule is COc1ncc2ncnc(Nc3cc(CC(=O)c4cc(C(C)(C)C)oc4C)ccc3C)c2n1. The molecule has 1 aromatic carbocycles. The minimum absolute atomic E-state index is 0.0199. The molecule has 3 aromatic heterocycles. The maximum absolute atomic E-state index is 13.0. The summed E-state index contributed by atoms with van der Waals surface area (Å²) in [6, 6.07) is 8.00. The van der Waals surface area contributed by atoms with Crippen molar-refractivity contribution in [1.29, 1.82) is 0 Å². The summed E-state index contributed by atoms with van der Waals surface area (Å²) in [5.41, 5.74) is 4.34. The molecule has 3 heterocycles. The first-order chi connectivity index (χ1) is 15.7. The molecule has 0 radical (unpaired) electrons. The number of rotatable bonds is 6. The summed E-state index contributed by atoms with van der Waals surface area (Å²) in [5.74, 6) is 2.01. The van der Waals surface area contributed by atoms with Gasteiger partial charge in [-0.05, 0) is 37.1 Å². The van der Waals surface area contributed by atoms with Gasteiger partial charge in [0.05, 0.1) is 18.9 Å². The van der Waals surface area contributed by atoms with E-state index in [1.807, 2.05) is 38.1 Å². The van der Waals surface area contributed by atoms with Gasteiger partial charge in [-0.3, -0.25) is 4.79 Å². The molecular formula is C25H27N5O3. The van der Waals surface area contributed by atoms with Crippen molar-refractivity contribution in [3.05, 3.63) is 65.0 Å². The Kier molecular flexibility index (Phi) is 5.84. The predicted octanol–water partition coefficient (Wildman–Crippen LogP) is 5.10. The van der Waals surface area contributed by atoms with Crippen LogP contribution in [0.15, 0.2) is 41.2 Å². The Hall–Kier alpha value is -3.81. The molecular weight excluding hydrogens is 418 g/mol. The topological polar surface area (TPSA) is 103 Å². The third-order valence-corrected chi connectivity index (χ3v) is 5.41. The largest absolute Gasteiger partial charge is 0.467 e. The lowest BCUT2D eigenvalue weighted by Crippen LogP contribution is -2.09. The van der Waals surface area contributed by atoms with Gasteiger partial charge in [0.2, 0.25) is 0 Å². The molecule has 0 saturated heterocycles. The average Bonchev–Trinajstić information content (AvgIpc) is 3.18. The van der Waals surface area contributed by atoms with E-state index in [4.69, 9.17) is 9.15 Å². The summed E-state index contributed by atoms with van der Waals surface area (Å²) < 4.78 is 11.0. The van der Waals surface area contributed by atoms with Gasteiger partial charge in [0, 0.05) is 17.5 Å². The lowest BCUT2D eigenvalue weighted by Gasteiger charge is -2.13. The molecule has 4 rings (SSSR count). The second-order valence-electron chi connectivity index (χ2n) is 9.02. The first-order valence-electron chi connectivity index (χ1n) is 10.7. The Morgan fingerprint density at radius 2 is 1.91 bits per heavy atom. The van der Waals surface area contributed by atoms with Crippen molar-refractivity contribution < 1.29 is 13.9 Å². The van der Waals surface area contributed by atoms with Gasteiger partial charge in [0.25, 0.3) is 0 Å². The molecule has 0 amide bonds. The zero-order chi connectivity index (χ0) is 23.8. The third-order valence-electron chi connectivity index (χ3n) is 5.41. The number of nitrogens with zero attached hydrogens (tertiary/aromatic N) is 4. The Bertz CT molecular complexity index is 1340. The molecule has 8 nitrogen and oxygen atoms in total. The second-order valence-corrected chi connectivity index (χ2v) is 9.02. The van der Waals surface area contributed by atoms with Crippen LogP contribution < -0.4 is 10.1 Å². The van der Waals surface area contributed by atoms with E-state index in [9.17, 15) is 4.79 Å². The minimum atomic E-state index is -0.156. The number of ether oxygens (including phenoxy) is 1. The van der Waals surface area contributed by atoms with Crippen LogP contribution in [0.3, 0.4) is 0 Å². The fraction of sp³-hybridized carbons (Fsp3) is 0.320. The van der Waals surface area contributed by atoms with Gasteiger partial charge >= 0.3 is 6.01 Å². The van der Waals surface area contributed by atoms with Crippen molar-refractivity contribution >= 4 is 28.3 Å². The first-order valence-corrected chi connectivity index (χ1v) is 10.7. The highest BCUT2D eigenvalue weighted by molar-refractivity contribution is 5.98. The number of aryl methyl sites for hydroxylation is 2. The summed E-state index contributed by atoms with van der Waals surface area (Å²) in [6.07, 6.45) is 3.31. The van der Waals surface area contributed by atoms with Crippen molar-refractivity contribution in [3.63, 3.8) is 0 Å². The zero-order valence-corrected chi connectivity index (χ0v) is 19.7. The standard InChI is InChI=1S/C25H27N5O3/c1-14-7-8-16(10-20(31)17-11-21(25(3,4)5)33-15(17)2)9-18(14)29-23-22-19(27-13-28-23)12-26-24(30-22)32-6/h7-9,11-13H,10H2,1-6H3,(H,27,28,29). The molecule has 0 fully saturated rings. The summed E-state index contributed by atoms with van der Waals surface area (Å²) in [4.78, 5) is 30.1. The van der Waals surface area contributed by atoms with Crippen LogP contribution in [0.5, 0.6) is 6.01 Å². The van der Waals surface area contributed by atoms with E-state index in [1.165, 1.54) is 13.4 Å². The number of hydrogen-bond acceptors (Lipinski definition) is 8. The lowest BCUT2D eigenvalue weighted by molar-refractivity contribution is 0.0991. The number of aromatic nitrogens is 4. The highest BCUT2D eigenvalue weighted by Gasteiger charge is 2.23. The summed E-state index contributed by atoms with van der Waals surface area (Å²) in [5, 5.41) is 3.33. The Morgan fingerprint density at radius 1 is 1.12 bits per heavy atom. The fourth-order valence-electron chi connectivity index (χ4n) is 3.48. The molecule has 0 spiro atoms. The average molecular weight is 446 g/mol. The Labute approximate surface area is 192 Å². The van der Waals surface area contributed by atoms with E-state index in [0.29, 0.717) is 28.2 Å². The van der Waals surface area contributed by atoms with E-state index >= 15 is 0 Å². The molecule has 4 aromatic rings. The highest BCUT2D eigenvalue weighted by Crippen LogP contribution is 2.29. The van der Waals surface area contributed by atoms with Crippen LogP contribution in [0, 0.1) is 13.8 Å². The van der Waals surface area contributed by atoms with E-state index in [-0.39, 0.29) is 23.6 Å². The highest BCUT2D eigenvalue weighted by atomic mass is 16.5. The normalized spacial score (nSPS) is 11.6. The summed E-state index contributed by atoms with van der Waals surface area (Å²) >= 11 is 0. The number of methoxy groups -OCH3 is 1. The number of furan rings is 1. The van der Waals surface area contributed by atoms with Gasteiger partial charge in [0.1, 0.15) is 28.9 Å². The van der Waals surface area contributed by atoms with Gasteiger partial charge in [0.15, 0.2) is 11.6 Å². The first kappa shape index (κ1) is 22.4. The van der Waals surface area contributed by atoms with Gasteiger partial charge in [-0.25, -0.2) is 15.0 Å². The van der Waals surface area contributed by atoms with Crippen molar-refractivity contribution in [2.45, 2.75) is 46.5 Å². The lowest BCUT2D eigenvalue weighted by atomic mass is 9.92. The minimum Gasteiger partial charge on any atom is -0.467 e. The van der Waals surface area contributed by atoms with E-state index in [2.05, 4.69) is 46.0 Å². The monoisotopic (exact) mass is 445 g/mol. The van der Waals surface area contributed by atoms with Gasteiger partial charge < -0.3 is 14.5 Å². The molecule has 0 unspecified atom stereocenters. The molecule has 0 saturated carbocycles. The molecule has 33 heavy (non-hydrogen) atoms. The number of benzene rings is 1. The third kappa shape index (κ3) is 4.69. The second kappa shape index (κ2) is 8.61. The zero-order valence-electron chi connectivity index (χ0n) is 19.7. The molecule has 0 atom stereocenters. The number of hydrogen-bond donors (Lipinski definition) is 1. The van der Waals surface area contributed by atoms with Gasteiger partial charge in [-0.1, -0.05) is 32.9 Å². The molecule has 0 aliphatic heterocycles. The van der Waals surface area contributed by atoms with Crippen molar-refractivity contribution in [3.8, 4) is 6.01 Å². The van der Waals surface area contributed by atoms with Crippen LogP contribution in [0.2, 0.25) is 0 Å². The number of fused-ring (bicyclic) bond motifs is 1. The fourth-order valence-corrected chi connectivity index (χ4v) is 3.48. The van der Waals surface area contributed by atoms with Crippen LogP contribution >= 0.6 is 0 Å². The van der Waals surface area contributed by atoms with Crippen LogP contribution in [0.4, 0.5) is 11.5 Å². The number of Topliss-reactive ketones (excluding diaryl/α,β-unsaturated/α-hetero) is 1. The van der Waals surface area contributed by atoms with Crippen LogP contribution in [-0.4, -0.2) is 32.8 Å². The van der Waals surface area contributed by atoms with Crippen LogP contribution in [0.1, 0.15) is 53.8 Å². The predicted molar refractivity (Wildman–Crippen MR) is 126 cm³/mol. The Balaban J connectivity index is 1.61. The van der Waals surface area contributed by atoms with Crippen molar-refractivity contribution in [2.75, 3.05) is 12.4 Å². The van der Waals surface area contributed by atoms with E-state index in [0.717, 1.165) is 22.6 Å². The van der Waals surface area contributed by atoms with Crippen LogP contribution in [0.25, 0.3) is 11.0 Å². The van der Waals surface area contributed by atoms with Crippen molar-refractivity contribution in [1.82, 2.24) is 19.9 Å². The number of nitrogens with one attached hydrogen (secondary N) is 1. The molecule has 0 aliphatic carbocycles. The number of anilines is 2. The number of carbonyl (C=O) groups excluding carboxylic acids is 1. The van der Waals surface area contributed by atoms with Gasteiger partial charge in [-0.2, -0.15) is 4.98 Å². The maximum Gasteiger partial charge on any atom is 0.316 e. The smallest absolute Gasteiger partial charge is 0.316 e. The molecule has 0 bridgehead atoms. The molecule has 0 aliphatic rings. The van der Waals surface area contributed by atoms with E-state index < -0.39 is 0 Å². The van der Waals surface area contributed by atoms with Crippen molar-refractivity contribution in [2.24, 2.45) is 0 Å². The van der Waals surface area contributed by atoms with Crippen LogP contribution in [-0.2, 0) is 11.8 Å². The molecule has 1 N–H and O–H groups in total. The summed E-state index contributed by atoms with van der Waals surface area (Å²) in [7, 11) is 1.51. The number of ketones is 1. The van der Waals surface area contributed by atoms with Gasteiger partial charge in [-0.15, -0.1) is 0 Å². The maximum atomic E-state index is 13.0. The molecule has 8 heteroatoms. The molecule has 170 valence electrons. The summed E-state index contributed by atoms with van der Waals surface area (Å²) in [6.45, 7) is 10.0. The Morgan fingerprint density at radius 3 is 2.61 bits per heavy atom. The quantitative estimate of drug-likeness (QED) is 0.409.